The van der Waals surface area contributed by atoms with Crippen molar-refractivity contribution in [3.8, 4) is 0 Å². The van der Waals surface area contributed by atoms with Crippen LogP contribution in [0.25, 0.3) is 0 Å². The van der Waals surface area contributed by atoms with E-state index in [2.05, 4.69) is 5.32 Å². The number of nitrogens with one attached hydrogen (secondary N) is 1. The molecule has 1 aromatic rings. The van der Waals surface area contributed by atoms with Gasteiger partial charge in [-0.15, -0.1) is 0 Å². The van der Waals surface area contributed by atoms with Gasteiger partial charge in [0.1, 0.15) is 0 Å². The number of rotatable bonds is 3. The van der Waals surface area contributed by atoms with Crippen molar-refractivity contribution in [2.45, 2.75) is 25.3 Å². The van der Waals surface area contributed by atoms with E-state index in [1.165, 1.54) is 0 Å². The number of aliphatic hydroxyl groups is 1. The molecule has 1 aliphatic rings. The summed E-state index contributed by atoms with van der Waals surface area (Å²) in [5, 5.41) is 12.5. The molecule has 2 rings (SSSR count). The molecule has 0 heterocycles. The van der Waals surface area contributed by atoms with Gasteiger partial charge in [0.15, 0.2) is 0 Å². The van der Waals surface area contributed by atoms with Crippen LogP contribution >= 0.6 is 11.6 Å². The lowest BCUT2D eigenvalue weighted by Gasteiger charge is -2.15. The van der Waals surface area contributed by atoms with Crippen LogP contribution in [0.3, 0.4) is 0 Å². The first-order valence-electron chi connectivity index (χ1n) is 5.26. The van der Waals surface area contributed by atoms with E-state index in [4.69, 9.17) is 16.7 Å². The first kappa shape index (κ1) is 11.4. The summed E-state index contributed by atoms with van der Waals surface area (Å²) >= 11 is 5.85. The van der Waals surface area contributed by atoms with E-state index < -0.39 is 0 Å². The van der Waals surface area contributed by atoms with Gasteiger partial charge in [0.05, 0.1) is 12.1 Å². The van der Waals surface area contributed by atoms with Gasteiger partial charge in [-0.2, -0.15) is 0 Å². The van der Waals surface area contributed by atoms with Crippen LogP contribution in [0.15, 0.2) is 18.2 Å². The summed E-state index contributed by atoms with van der Waals surface area (Å²) in [6.45, 7) is 1.86. The average molecular weight is 240 g/mol. The Hall–Kier alpha value is -1.06. The number of hydrogen-bond acceptors (Lipinski definition) is 2. The molecule has 0 unspecified atom stereocenters. The fourth-order valence-corrected chi connectivity index (χ4v) is 1.79. The lowest BCUT2D eigenvalue weighted by Crippen LogP contribution is -2.39. The topological polar surface area (TPSA) is 49.3 Å². The van der Waals surface area contributed by atoms with Gasteiger partial charge < -0.3 is 10.4 Å². The first-order chi connectivity index (χ1) is 7.56. The molecule has 0 radical (unpaired) electrons. The van der Waals surface area contributed by atoms with E-state index in [-0.39, 0.29) is 18.1 Å². The van der Waals surface area contributed by atoms with Crippen molar-refractivity contribution < 1.29 is 9.90 Å². The molecule has 0 atom stereocenters. The van der Waals surface area contributed by atoms with Crippen molar-refractivity contribution >= 4 is 17.5 Å². The molecule has 0 spiro atoms. The Morgan fingerprint density at radius 3 is 2.81 bits per heavy atom. The van der Waals surface area contributed by atoms with Crippen LogP contribution in [0.1, 0.15) is 28.8 Å². The van der Waals surface area contributed by atoms with Gasteiger partial charge >= 0.3 is 0 Å². The number of hydrogen-bond donors (Lipinski definition) is 2. The second-order valence-electron chi connectivity index (χ2n) is 4.35. The Bertz CT molecular complexity index is 427. The molecular formula is C12H14ClNO2. The average Bonchev–Trinajstić information content (AvgIpc) is 3.02. The predicted octanol–water partition coefficient (Wildman–Crippen LogP) is 1.90. The fraction of sp³-hybridized carbons (Fsp3) is 0.417. The first-order valence-corrected chi connectivity index (χ1v) is 5.64. The highest BCUT2D eigenvalue weighted by molar-refractivity contribution is 6.31. The molecule has 0 aliphatic heterocycles. The highest BCUT2D eigenvalue weighted by atomic mass is 35.5. The Morgan fingerprint density at radius 2 is 2.25 bits per heavy atom. The Kier molecular flexibility index (Phi) is 2.91. The van der Waals surface area contributed by atoms with E-state index in [1.54, 1.807) is 12.1 Å². The zero-order chi connectivity index (χ0) is 11.8. The molecule has 0 aromatic heterocycles. The molecule has 1 aliphatic carbocycles. The van der Waals surface area contributed by atoms with E-state index in [0.717, 1.165) is 18.4 Å². The van der Waals surface area contributed by atoms with E-state index >= 15 is 0 Å². The summed E-state index contributed by atoms with van der Waals surface area (Å²) in [6.07, 6.45) is 1.68. The zero-order valence-electron chi connectivity index (χ0n) is 9.09. The highest BCUT2D eigenvalue weighted by Gasteiger charge is 2.43. The van der Waals surface area contributed by atoms with Crippen molar-refractivity contribution in [3.63, 3.8) is 0 Å². The number of benzene rings is 1. The van der Waals surface area contributed by atoms with Crippen LogP contribution in [0.4, 0.5) is 0 Å². The lowest BCUT2D eigenvalue weighted by atomic mass is 10.1. The maximum Gasteiger partial charge on any atom is 0.252 e. The third-order valence-electron chi connectivity index (χ3n) is 2.98. The number of aliphatic hydroxyl groups excluding tert-OH is 1. The number of halogens is 1. The molecule has 1 amide bonds. The van der Waals surface area contributed by atoms with E-state index in [0.29, 0.717) is 10.6 Å². The van der Waals surface area contributed by atoms with E-state index in [1.807, 2.05) is 13.0 Å². The maximum atomic E-state index is 12.0. The SMILES string of the molecule is Cc1ccc(Cl)cc1C(=O)NC1(CO)CC1. The van der Waals surface area contributed by atoms with Gasteiger partial charge in [0.25, 0.3) is 5.91 Å². The minimum Gasteiger partial charge on any atom is -0.394 e. The molecule has 1 fully saturated rings. The van der Waals surface area contributed by atoms with Gasteiger partial charge in [-0.05, 0) is 37.5 Å². The van der Waals surface area contributed by atoms with Gasteiger partial charge in [-0.1, -0.05) is 17.7 Å². The molecule has 4 heteroatoms. The molecule has 1 saturated carbocycles. The molecule has 3 nitrogen and oxygen atoms in total. The predicted molar refractivity (Wildman–Crippen MR) is 62.7 cm³/mol. The normalized spacial score (nSPS) is 16.9. The minimum absolute atomic E-state index is 0.00163. The smallest absolute Gasteiger partial charge is 0.252 e. The Morgan fingerprint density at radius 1 is 1.56 bits per heavy atom. The summed E-state index contributed by atoms with van der Waals surface area (Å²) in [4.78, 5) is 12.0. The highest BCUT2D eigenvalue weighted by Crippen LogP contribution is 2.35. The van der Waals surface area contributed by atoms with E-state index in [9.17, 15) is 4.79 Å². The maximum absolute atomic E-state index is 12.0. The third-order valence-corrected chi connectivity index (χ3v) is 3.21. The standard InChI is InChI=1S/C12H14ClNO2/c1-8-2-3-9(13)6-10(8)11(16)14-12(7-15)4-5-12/h2-3,6,15H,4-5,7H2,1H3,(H,14,16). The minimum atomic E-state index is -0.383. The molecule has 16 heavy (non-hydrogen) atoms. The largest absolute Gasteiger partial charge is 0.394 e. The molecule has 1 aromatic carbocycles. The molecule has 2 N–H and O–H groups in total. The number of amides is 1. The lowest BCUT2D eigenvalue weighted by molar-refractivity contribution is 0.0906. The zero-order valence-corrected chi connectivity index (χ0v) is 9.84. The second kappa shape index (κ2) is 4.07. The van der Waals surface area contributed by atoms with Crippen molar-refractivity contribution in [1.29, 1.82) is 0 Å². The van der Waals surface area contributed by atoms with Crippen LogP contribution in [-0.4, -0.2) is 23.2 Å². The summed E-state index contributed by atoms with van der Waals surface area (Å²) in [6, 6.07) is 5.22. The summed E-state index contributed by atoms with van der Waals surface area (Å²) in [5.74, 6) is -0.161. The quantitative estimate of drug-likeness (QED) is 0.847. The third kappa shape index (κ3) is 2.20. The Balaban J connectivity index is 2.17. The van der Waals surface area contributed by atoms with Crippen molar-refractivity contribution in [2.75, 3.05) is 6.61 Å². The summed E-state index contributed by atoms with van der Waals surface area (Å²) in [7, 11) is 0. The van der Waals surface area contributed by atoms with Crippen LogP contribution < -0.4 is 5.32 Å². The number of carbonyl (C=O) groups is 1. The Labute approximate surface area is 99.4 Å². The van der Waals surface area contributed by atoms with Gasteiger partial charge in [0, 0.05) is 10.6 Å². The number of aryl methyl sites for hydroxylation is 1. The number of carbonyl (C=O) groups excluding carboxylic acids is 1. The van der Waals surface area contributed by atoms with Crippen LogP contribution in [0, 0.1) is 6.92 Å². The van der Waals surface area contributed by atoms with Gasteiger partial charge in [-0.25, -0.2) is 0 Å². The van der Waals surface area contributed by atoms with Crippen molar-refractivity contribution in [3.05, 3.63) is 34.3 Å². The van der Waals surface area contributed by atoms with Crippen LogP contribution in [0.2, 0.25) is 5.02 Å². The molecule has 86 valence electrons. The fourth-order valence-electron chi connectivity index (χ4n) is 1.62. The van der Waals surface area contributed by atoms with Crippen molar-refractivity contribution in [1.82, 2.24) is 5.32 Å². The van der Waals surface area contributed by atoms with Crippen molar-refractivity contribution in [2.24, 2.45) is 0 Å². The molecule has 0 bridgehead atoms. The van der Waals surface area contributed by atoms with Gasteiger partial charge in [-0.3, -0.25) is 4.79 Å². The monoisotopic (exact) mass is 239 g/mol. The van der Waals surface area contributed by atoms with Gasteiger partial charge in [0.2, 0.25) is 0 Å². The summed E-state index contributed by atoms with van der Waals surface area (Å²) < 4.78 is 0. The molecule has 0 saturated heterocycles. The molecular weight excluding hydrogens is 226 g/mol. The van der Waals surface area contributed by atoms with Crippen LogP contribution in [-0.2, 0) is 0 Å². The van der Waals surface area contributed by atoms with Crippen LogP contribution in [0.5, 0.6) is 0 Å². The summed E-state index contributed by atoms with van der Waals surface area (Å²) in [5.41, 5.74) is 1.08. The second-order valence-corrected chi connectivity index (χ2v) is 4.79.